The predicted molar refractivity (Wildman–Crippen MR) is 79.0 cm³/mol. The average Bonchev–Trinajstić information content (AvgIpc) is 2.93. The van der Waals surface area contributed by atoms with Crippen LogP contribution in [0.25, 0.3) is 10.9 Å². The first-order valence-corrected chi connectivity index (χ1v) is 6.56. The molecule has 2 heterocycles. The van der Waals surface area contributed by atoms with E-state index in [4.69, 9.17) is 0 Å². The first-order valence-electron chi connectivity index (χ1n) is 6.56. The lowest BCUT2D eigenvalue weighted by Gasteiger charge is -2.19. The number of para-hydroxylation sites is 1. The number of aryl methyl sites for hydroxylation is 1. The summed E-state index contributed by atoms with van der Waals surface area (Å²) in [5, 5.41) is 6.63. The Morgan fingerprint density at radius 3 is 2.70 bits per heavy atom. The second-order valence-corrected chi connectivity index (χ2v) is 5.14. The molecule has 0 atom stereocenters. The van der Waals surface area contributed by atoms with Crippen molar-refractivity contribution in [1.29, 1.82) is 0 Å². The van der Waals surface area contributed by atoms with E-state index >= 15 is 0 Å². The molecule has 0 aliphatic carbocycles. The molecular weight excluding hydrogens is 254 g/mol. The van der Waals surface area contributed by atoms with Crippen LogP contribution in [0.15, 0.2) is 40.4 Å². The van der Waals surface area contributed by atoms with Crippen LogP contribution in [0.4, 0.5) is 0 Å². The fourth-order valence-corrected chi connectivity index (χ4v) is 2.24. The Balaban J connectivity index is 2.10. The lowest BCUT2D eigenvalue weighted by molar-refractivity contribution is 0.133. The highest BCUT2D eigenvalue weighted by atomic mass is 16.1. The maximum Gasteiger partial charge on any atom is 0.200 e. The third kappa shape index (κ3) is 1.94. The summed E-state index contributed by atoms with van der Waals surface area (Å²) in [6, 6.07) is 7.79. The van der Waals surface area contributed by atoms with E-state index in [2.05, 4.69) is 16.1 Å². The first-order chi connectivity index (χ1) is 9.58. The third-order valence-corrected chi connectivity index (χ3v) is 3.36. The molecule has 6 nitrogen and oxygen atoms in total. The molecule has 1 aromatic heterocycles. The predicted octanol–water partition coefficient (Wildman–Crippen LogP) is 0.933. The van der Waals surface area contributed by atoms with E-state index in [1.807, 2.05) is 55.9 Å². The van der Waals surface area contributed by atoms with Crippen LogP contribution >= 0.6 is 0 Å². The van der Waals surface area contributed by atoms with Crippen LogP contribution in [0.5, 0.6) is 0 Å². The van der Waals surface area contributed by atoms with E-state index in [0.717, 1.165) is 5.52 Å². The Morgan fingerprint density at radius 2 is 2.00 bits per heavy atom. The van der Waals surface area contributed by atoms with Gasteiger partial charge in [-0.25, -0.2) is 5.53 Å². The number of hydrazine groups is 2. The van der Waals surface area contributed by atoms with Crippen LogP contribution in [-0.2, 0) is 7.05 Å². The van der Waals surface area contributed by atoms with Gasteiger partial charge in [-0.3, -0.25) is 10.2 Å². The molecule has 2 N–H and O–H groups in total. The second kappa shape index (κ2) is 4.64. The van der Waals surface area contributed by atoms with Crippen molar-refractivity contribution in [1.82, 2.24) is 20.6 Å². The number of hydrogen-bond acceptors (Lipinski definition) is 5. The van der Waals surface area contributed by atoms with Crippen LogP contribution < -0.4 is 16.4 Å². The lowest BCUT2D eigenvalue weighted by Crippen LogP contribution is -2.46. The van der Waals surface area contributed by atoms with Crippen molar-refractivity contribution in [2.24, 2.45) is 12.1 Å². The summed E-state index contributed by atoms with van der Waals surface area (Å²) in [6.07, 6.45) is 1.81. The molecule has 2 aromatic rings. The summed E-state index contributed by atoms with van der Waals surface area (Å²) in [6.45, 7) is 4.05. The molecule has 0 fully saturated rings. The molecular formula is C14H17N5O. The normalized spacial score (nSPS) is 15.3. The highest BCUT2D eigenvalue weighted by Gasteiger charge is 2.21. The highest BCUT2D eigenvalue weighted by molar-refractivity contribution is 6.01. The quantitative estimate of drug-likeness (QED) is 0.853. The van der Waals surface area contributed by atoms with Gasteiger partial charge in [-0.1, -0.05) is 12.1 Å². The van der Waals surface area contributed by atoms with Crippen molar-refractivity contribution < 1.29 is 0 Å². The summed E-state index contributed by atoms with van der Waals surface area (Å²) in [7, 11) is 1.93. The maximum absolute atomic E-state index is 12.6. The van der Waals surface area contributed by atoms with Gasteiger partial charge in [0.25, 0.3) is 0 Å². The number of benzene rings is 1. The molecule has 3 rings (SSSR count). The van der Waals surface area contributed by atoms with Gasteiger partial charge >= 0.3 is 0 Å². The van der Waals surface area contributed by atoms with Gasteiger partial charge in [0.15, 0.2) is 11.3 Å². The number of pyridine rings is 1. The monoisotopic (exact) mass is 271 g/mol. The molecule has 0 saturated carbocycles. The number of hydrogen-bond donors (Lipinski definition) is 2. The molecule has 20 heavy (non-hydrogen) atoms. The fraction of sp³-hybridized carbons (Fsp3) is 0.286. The molecule has 0 unspecified atom stereocenters. The Bertz CT molecular complexity index is 747. The van der Waals surface area contributed by atoms with Crippen LogP contribution in [0.1, 0.15) is 19.4 Å². The molecule has 1 aromatic carbocycles. The number of hydrazone groups is 1. The Kier molecular flexibility index (Phi) is 2.94. The molecule has 0 amide bonds. The van der Waals surface area contributed by atoms with Crippen molar-refractivity contribution in [3.63, 3.8) is 0 Å². The van der Waals surface area contributed by atoms with Crippen molar-refractivity contribution in [3.05, 3.63) is 46.2 Å². The number of aromatic nitrogens is 1. The van der Waals surface area contributed by atoms with Gasteiger partial charge in [-0.2, -0.15) is 0 Å². The number of amidine groups is 1. The number of rotatable bonds is 2. The van der Waals surface area contributed by atoms with E-state index < -0.39 is 0 Å². The summed E-state index contributed by atoms with van der Waals surface area (Å²) in [5.41, 5.74) is 7.41. The Hall–Kier alpha value is -2.34. The molecule has 1 aliphatic heterocycles. The molecule has 104 valence electrons. The van der Waals surface area contributed by atoms with Crippen LogP contribution in [0.2, 0.25) is 0 Å². The zero-order chi connectivity index (χ0) is 14.3. The van der Waals surface area contributed by atoms with Gasteiger partial charge in [0.05, 0.1) is 11.1 Å². The van der Waals surface area contributed by atoms with Gasteiger partial charge in [-0.05, 0) is 26.0 Å². The summed E-state index contributed by atoms with van der Waals surface area (Å²) in [5.74, 6) is 0.546. The average molecular weight is 271 g/mol. The van der Waals surface area contributed by atoms with Gasteiger partial charge in [0.2, 0.25) is 0 Å². The Labute approximate surface area is 116 Å². The standard InChI is InChI=1S/C14H17N5O/c1-9(2)19-16-14(15-17-19)11-8-18(3)12-7-5-4-6-10(12)13(11)20/h4-9,17H,1-3H3,(H,15,16). The third-order valence-electron chi connectivity index (χ3n) is 3.36. The van der Waals surface area contributed by atoms with Crippen LogP contribution in [-0.4, -0.2) is 21.6 Å². The molecule has 0 saturated heterocycles. The largest absolute Gasteiger partial charge is 0.350 e. The molecule has 0 spiro atoms. The minimum Gasteiger partial charge on any atom is -0.350 e. The van der Waals surface area contributed by atoms with Gasteiger partial charge < -0.3 is 4.57 Å². The number of nitrogens with one attached hydrogen (secondary N) is 2. The number of nitrogens with zero attached hydrogens (tertiary/aromatic N) is 3. The molecule has 1 aliphatic rings. The topological polar surface area (TPSA) is 61.7 Å². The molecule has 0 radical (unpaired) electrons. The van der Waals surface area contributed by atoms with Crippen molar-refractivity contribution >= 4 is 16.7 Å². The van der Waals surface area contributed by atoms with Gasteiger partial charge in [0, 0.05) is 24.7 Å². The minimum absolute atomic E-state index is 0.0163. The van der Waals surface area contributed by atoms with E-state index in [-0.39, 0.29) is 11.5 Å². The van der Waals surface area contributed by atoms with E-state index in [0.29, 0.717) is 16.8 Å². The minimum atomic E-state index is -0.0163. The van der Waals surface area contributed by atoms with E-state index in [9.17, 15) is 4.79 Å². The summed E-state index contributed by atoms with van der Waals surface area (Å²) < 4.78 is 1.94. The SMILES string of the molecule is CC(C)N1NN=C(c2cn(C)c3ccccc3c2=O)N1. The van der Waals surface area contributed by atoms with Gasteiger partial charge in [0.1, 0.15) is 0 Å². The van der Waals surface area contributed by atoms with Crippen LogP contribution in [0.3, 0.4) is 0 Å². The fourth-order valence-electron chi connectivity index (χ4n) is 2.24. The van der Waals surface area contributed by atoms with Crippen molar-refractivity contribution in [2.45, 2.75) is 19.9 Å². The number of fused-ring (bicyclic) bond motifs is 1. The second-order valence-electron chi connectivity index (χ2n) is 5.14. The smallest absolute Gasteiger partial charge is 0.200 e. The zero-order valence-electron chi connectivity index (χ0n) is 11.7. The summed E-state index contributed by atoms with van der Waals surface area (Å²) >= 11 is 0. The van der Waals surface area contributed by atoms with Crippen LogP contribution in [0, 0.1) is 0 Å². The molecule has 0 bridgehead atoms. The Morgan fingerprint density at radius 1 is 1.25 bits per heavy atom. The van der Waals surface area contributed by atoms with E-state index in [1.165, 1.54) is 0 Å². The van der Waals surface area contributed by atoms with Gasteiger partial charge in [-0.15, -0.1) is 10.2 Å². The first kappa shape index (κ1) is 12.7. The lowest BCUT2D eigenvalue weighted by atomic mass is 10.1. The van der Waals surface area contributed by atoms with Crippen molar-refractivity contribution in [2.75, 3.05) is 0 Å². The summed E-state index contributed by atoms with van der Waals surface area (Å²) in [4.78, 5) is 12.6. The maximum atomic E-state index is 12.6. The molecule has 6 heteroatoms. The van der Waals surface area contributed by atoms with E-state index in [1.54, 1.807) is 5.12 Å². The zero-order valence-corrected chi connectivity index (χ0v) is 11.7. The highest BCUT2D eigenvalue weighted by Crippen LogP contribution is 2.11. The van der Waals surface area contributed by atoms with Crippen molar-refractivity contribution in [3.8, 4) is 0 Å².